The molecule has 3 heteroatoms. The van der Waals surface area contributed by atoms with Gasteiger partial charge in [0.15, 0.2) is 0 Å². The molecule has 1 heterocycles. The van der Waals surface area contributed by atoms with Gasteiger partial charge in [0, 0.05) is 23.2 Å². The van der Waals surface area contributed by atoms with E-state index >= 15 is 0 Å². The van der Waals surface area contributed by atoms with Crippen LogP contribution >= 0.6 is 0 Å². The molecule has 0 saturated heterocycles. The van der Waals surface area contributed by atoms with Crippen molar-refractivity contribution in [3.05, 3.63) is 42.0 Å². The summed E-state index contributed by atoms with van der Waals surface area (Å²) in [5.74, 6) is -0.191. The summed E-state index contributed by atoms with van der Waals surface area (Å²) in [5.41, 5.74) is 6.58. The summed E-state index contributed by atoms with van der Waals surface area (Å²) in [7, 11) is 0. The van der Waals surface area contributed by atoms with Crippen molar-refractivity contribution in [1.82, 2.24) is 4.98 Å². The molecule has 0 fully saturated rings. The van der Waals surface area contributed by atoms with Crippen LogP contribution in [-0.2, 0) is 6.42 Å². The molecule has 0 unspecified atom stereocenters. The lowest BCUT2D eigenvalue weighted by Crippen LogP contribution is -2.01. The Hall–Kier alpha value is -1.48. The van der Waals surface area contributed by atoms with E-state index in [4.69, 9.17) is 5.73 Å². The number of hydrogen-bond donors (Lipinski definition) is 1. The molecular weight excluding hydrogens is 191 g/mol. The van der Waals surface area contributed by atoms with E-state index in [2.05, 4.69) is 4.98 Å². The number of nitrogens with two attached hydrogens (primary N) is 1. The number of fused-ring (bicyclic) bond motifs is 1. The third-order valence-corrected chi connectivity index (χ3v) is 2.51. The average Bonchev–Trinajstić information content (AvgIpc) is 2.29. The van der Waals surface area contributed by atoms with Crippen LogP contribution in [0.1, 0.15) is 12.0 Å². The molecule has 0 bridgehead atoms. The Balaban J connectivity index is 2.51. The second-order valence-corrected chi connectivity index (χ2v) is 3.52. The highest BCUT2D eigenvalue weighted by Crippen LogP contribution is 2.21. The molecule has 2 aromatic rings. The summed E-state index contributed by atoms with van der Waals surface area (Å²) in [4.78, 5) is 4.02. The van der Waals surface area contributed by atoms with Gasteiger partial charge >= 0.3 is 0 Å². The van der Waals surface area contributed by atoms with Gasteiger partial charge in [-0.1, -0.05) is 6.07 Å². The molecule has 0 saturated carbocycles. The van der Waals surface area contributed by atoms with Crippen molar-refractivity contribution in [1.29, 1.82) is 0 Å². The SMILES string of the molecule is NCCCc1ccc(F)c2ccncc12. The third-order valence-electron chi connectivity index (χ3n) is 2.51. The lowest BCUT2D eigenvalue weighted by atomic mass is 10.0. The van der Waals surface area contributed by atoms with Gasteiger partial charge in [0.25, 0.3) is 0 Å². The Bertz CT molecular complexity index is 468. The summed E-state index contributed by atoms with van der Waals surface area (Å²) in [6.45, 7) is 0.652. The van der Waals surface area contributed by atoms with Crippen molar-refractivity contribution in [2.24, 2.45) is 5.73 Å². The van der Waals surface area contributed by atoms with Crippen LogP contribution in [-0.4, -0.2) is 11.5 Å². The Morgan fingerprint density at radius 3 is 2.87 bits per heavy atom. The Morgan fingerprint density at radius 1 is 1.20 bits per heavy atom. The molecule has 0 aliphatic heterocycles. The maximum atomic E-state index is 13.4. The minimum atomic E-state index is -0.191. The first-order chi connectivity index (χ1) is 7.33. The summed E-state index contributed by atoms with van der Waals surface area (Å²) in [6.07, 6.45) is 5.11. The third kappa shape index (κ3) is 1.97. The smallest absolute Gasteiger partial charge is 0.131 e. The highest BCUT2D eigenvalue weighted by atomic mass is 19.1. The number of nitrogens with zero attached hydrogens (tertiary/aromatic N) is 1. The molecule has 15 heavy (non-hydrogen) atoms. The molecular formula is C12H13FN2. The fraction of sp³-hybridized carbons (Fsp3) is 0.250. The monoisotopic (exact) mass is 204 g/mol. The maximum absolute atomic E-state index is 13.4. The van der Waals surface area contributed by atoms with Gasteiger partial charge in [-0.3, -0.25) is 4.98 Å². The van der Waals surface area contributed by atoms with E-state index in [9.17, 15) is 4.39 Å². The van der Waals surface area contributed by atoms with E-state index < -0.39 is 0 Å². The van der Waals surface area contributed by atoms with Gasteiger partial charge in [0.1, 0.15) is 5.82 Å². The zero-order valence-corrected chi connectivity index (χ0v) is 8.41. The van der Waals surface area contributed by atoms with Gasteiger partial charge in [-0.15, -0.1) is 0 Å². The van der Waals surface area contributed by atoms with E-state index in [1.54, 1.807) is 18.5 Å². The number of aryl methyl sites for hydroxylation is 1. The first kappa shape index (κ1) is 10.1. The van der Waals surface area contributed by atoms with Gasteiger partial charge in [-0.2, -0.15) is 0 Å². The fourth-order valence-corrected chi connectivity index (χ4v) is 1.72. The van der Waals surface area contributed by atoms with Crippen LogP contribution in [0.4, 0.5) is 4.39 Å². The number of benzene rings is 1. The minimum absolute atomic E-state index is 0.191. The number of aromatic nitrogens is 1. The first-order valence-corrected chi connectivity index (χ1v) is 5.04. The normalized spacial score (nSPS) is 10.8. The average molecular weight is 204 g/mol. The van der Waals surface area contributed by atoms with E-state index in [1.165, 1.54) is 6.07 Å². The largest absolute Gasteiger partial charge is 0.330 e. The van der Waals surface area contributed by atoms with Crippen LogP contribution < -0.4 is 5.73 Å². The van der Waals surface area contributed by atoms with Gasteiger partial charge in [-0.05, 0) is 37.1 Å². The van der Waals surface area contributed by atoms with E-state index in [0.29, 0.717) is 11.9 Å². The number of rotatable bonds is 3. The van der Waals surface area contributed by atoms with Crippen molar-refractivity contribution in [2.45, 2.75) is 12.8 Å². The summed E-state index contributed by atoms with van der Waals surface area (Å²) in [6, 6.07) is 5.03. The second kappa shape index (κ2) is 4.36. The Morgan fingerprint density at radius 2 is 2.07 bits per heavy atom. The molecule has 0 spiro atoms. The molecule has 0 aliphatic rings. The van der Waals surface area contributed by atoms with Crippen LogP contribution in [0, 0.1) is 5.82 Å². The highest BCUT2D eigenvalue weighted by Gasteiger charge is 2.04. The summed E-state index contributed by atoms with van der Waals surface area (Å²) in [5, 5.41) is 1.53. The topological polar surface area (TPSA) is 38.9 Å². The molecule has 0 amide bonds. The Labute approximate surface area is 87.9 Å². The molecule has 1 aromatic heterocycles. The van der Waals surface area contributed by atoms with Crippen molar-refractivity contribution >= 4 is 10.8 Å². The van der Waals surface area contributed by atoms with Gasteiger partial charge < -0.3 is 5.73 Å². The number of halogens is 1. The predicted octanol–water partition coefficient (Wildman–Crippen LogP) is 2.27. The van der Waals surface area contributed by atoms with Crippen LogP contribution in [0.2, 0.25) is 0 Å². The van der Waals surface area contributed by atoms with Gasteiger partial charge in [-0.25, -0.2) is 4.39 Å². The summed E-state index contributed by atoms with van der Waals surface area (Å²) < 4.78 is 13.4. The van der Waals surface area contributed by atoms with E-state index in [0.717, 1.165) is 23.8 Å². The number of pyridine rings is 1. The first-order valence-electron chi connectivity index (χ1n) is 5.04. The maximum Gasteiger partial charge on any atom is 0.131 e. The molecule has 0 aliphatic carbocycles. The van der Waals surface area contributed by atoms with Crippen molar-refractivity contribution in [3.63, 3.8) is 0 Å². The molecule has 78 valence electrons. The molecule has 2 rings (SSSR count). The molecule has 0 radical (unpaired) electrons. The van der Waals surface area contributed by atoms with Crippen molar-refractivity contribution < 1.29 is 4.39 Å². The van der Waals surface area contributed by atoms with Crippen LogP contribution in [0.5, 0.6) is 0 Å². The van der Waals surface area contributed by atoms with Crippen molar-refractivity contribution in [3.8, 4) is 0 Å². The minimum Gasteiger partial charge on any atom is -0.330 e. The Kier molecular flexibility index (Phi) is 2.92. The fourth-order valence-electron chi connectivity index (χ4n) is 1.72. The van der Waals surface area contributed by atoms with E-state index in [1.807, 2.05) is 6.07 Å². The molecule has 2 N–H and O–H groups in total. The highest BCUT2D eigenvalue weighted by molar-refractivity contribution is 5.85. The lowest BCUT2D eigenvalue weighted by Gasteiger charge is -2.05. The zero-order chi connectivity index (χ0) is 10.7. The van der Waals surface area contributed by atoms with Gasteiger partial charge in [0.05, 0.1) is 0 Å². The molecule has 0 atom stereocenters. The zero-order valence-electron chi connectivity index (χ0n) is 8.41. The van der Waals surface area contributed by atoms with Crippen LogP contribution in [0.15, 0.2) is 30.6 Å². The van der Waals surface area contributed by atoms with Gasteiger partial charge in [0.2, 0.25) is 0 Å². The number of hydrogen-bond acceptors (Lipinski definition) is 2. The summed E-state index contributed by atoms with van der Waals surface area (Å²) >= 11 is 0. The van der Waals surface area contributed by atoms with E-state index in [-0.39, 0.29) is 5.82 Å². The molecule has 2 nitrogen and oxygen atoms in total. The quantitative estimate of drug-likeness (QED) is 0.832. The predicted molar refractivity (Wildman–Crippen MR) is 59.1 cm³/mol. The van der Waals surface area contributed by atoms with Crippen LogP contribution in [0.25, 0.3) is 10.8 Å². The van der Waals surface area contributed by atoms with Crippen molar-refractivity contribution in [2.75, 3.05) is 6.54 Å². The van der Waals surface area contributed by atoms with Crippen LogP contribution in [0.3, 0.4) is 0 Å². The lowest BCUT2D eigenvalue weighted by molar-refractivity contribution is 0.639. The second-order valence-electron chi connectivity index (χ2n) is 3.52. The molecule has 1 aromatic carbocycles. The standard InChI is InChI=1S/C12H13FN2/c13-12-4-3-9(2-1-6-14)11-8-15-7-5-10(11)12/h3-5,7-8H,1-2,6,14H2.